The largest absolute Gasteiger partial charge is 0.461 e. The highest BCUT2D eigenvalue weighted by Gasteiger charge is 2.18. The lowest BCUT2D eigenvalue weighted by Gasteiger charge is -1.98. The third-order valence-electron chi connectivity index (χ3n) is 3.37. The van der Waals surface area contributed by atoms with Crippen LogP contribution in [0.5, 0.6) is 0 Å². The minimum absolute atomic E-state index is 0.0347. The van der Waals surface area contributed by atoms with Crippen LogP contribution in [0.3, 0.4) is 0 Å². The van der Waals surface area contributed by atoms with Gasteiger partial charge in [0.25, 0.3) is 5.91 Å². The second kappa shape index (κ2) is 7.16. The standard InChI is InChI=1S/C17H14ClN3O3S/c1-9(22)6-15-19-17(25-21-15)20-16(23)13-8-14(24-10(13)2)11-4-3-5-12(18)7-11/h3-5,7-8H,6H2,1-2H3,(H,19,20,21,23). The second-order valence-electron chi connectivity index (χ2n) is 5.44. The van der Waals surface area contributed by atoms with Gasteiger partial charge in [-0.25, -0.2) is 4.98 Å². The third-order valence-corrected chi connectivity index (χ3v) is 4.27. The maximum Gasteiger partial charge on any atom is 0.261 e. The molecule has 0 atom stereocenters. The summed E-state index contributed by atoms with van der Waals surface area (Å²) in [7, 11) is 0. The second-order valence-corrected chi connectivity index (χ2v) is 6.63. The van der Waals surface area contributed by atoms with Crippen LogP contribution < -0.4 is 5.32 Å². The number of anilines is 1. The Kier molecular flexibility index (Phi) is 4.96. The van der Waals surface area contributed by atoms with Crippen molar-refractivity contribution in [1.82, 2.24) is 9.36 Å². The Morgan fingerprint density at radius 1 is 1.32 bits per heavy atom. The number of Topliss-reactive ketones (excluding diaryl/α,β-unsaturated/α-hetero) is 1. The smallest absolute Gasteiger partial charge is 0.261 e. The number of benzene rings is 1. The minimum atomic E-state index is -0.347. The predicted octanol–water partition coefficient (Wildman–Crippen LogP) is 4.14. The first-order valence-corrected chi connectivity index (χ1v) is 8.57. The zero-order valence-electron chi connectivity index (χ0n) is 13.5. The van der Waals surface area contributed by atoms with E-state index in [9.17, 15) is 9.59 Å². The zero-order chi connectivity index (χ0) is 18.0. The SMILES string of the molecule is CC(=O)Cc1nsc(NC(=O)c2cc(-c3cccc(Cl)c3)oc2C)n1. The number of amides is 1. The Bertz CT molecular complexity index is 948. The summed E-state index contributed by atoms with van der Waals surface area (Å²) in [4.78, 5) is 27.7. The summed E-state index contributed by atoms with van der Waals surface area (Å²) < 4.78 is 9.72. The van der Waals surface area contributed by atoms with Crippen LogP contribution in [0.1, 0.15) is 28.9 Å². The molecular formula is C17H14ClN3O3S. The van der Waals surface area contributed by atoms with Gasteiger partial charge >= 0.3 is 0 Å². The van der Waals surface area contributed by atoms with Crippen molar-refractivity contribution in [2.75, 3.05) is 5.32 Å². The summed E-state index contributed by atoms with van der Waals surface area (Å²) in [5.41, 5.74) is 1.19. The first kappa shape index (κ1) is 17.3. The van der Waals surface area contributed by atoms with Crippen LogP contribution >= 0.6 is 23.1 Å². The molecule has 8 heteroatoms. The van der Waals surface area contributed by atoms with E-state index in [1.165, 1.54) is 6.92 Å². The predicted molar refractivity (Wildman–Crippen MR) is 96.1 cm³/mol. The number of hydrogen-bond acceptors (Lipinski definition) is 6. The number of nitrogens with zero attached hydrogens (tertiary/aromatic N) is 2. The molecule has 0 radical (unpaired) electrons. The molecule has 25 heavy (non-hydrogen) atoms. The highest BCUT2D eigenvalue weighted by atomic mass is 35.5. The Morgan fingerprint density at radius 2 is 2.12 bits per heavy atom. The fraction of sp³-hybridized carbons (Fsp3) is 0.176. The summed E-state index contributed by atoms with van der Waals surface area (Å²) in [6.07, 6.45) is 0.149. The molecule has 2 heterocycles. The van der Waals surface area contributed by atoms with Gasteiger partial charge in [-0.1, -0.05) is 23.7 Å². The Balaban J connectivity index is 1.78. The van der Waals surface area contributed by atoms with Gasteiger partial charge < -0.3 is 4.42 Å². The normalized spacial score (nSPS) is 10.7. The average molecular weight is 376 g/mol. The first-order chi connectivity index (χ1) is 11.9. The molecule has 1 N–H and O–H groups in total. The average Bonchev–Trinajstić information content (AvgIpc) is 3.13. The molecule has 0 aliphatic carbocycles. The summed E-state index contributed by atoms with van der Waals surface area (Å²) >= 11 is 7.02. The molecule has 128 valence electrons. The summed E-state index contributed by atoms with van der Waals surface area (Å²) in [6, 6.07) is 8.86. The monoisotopic (exact) mass is 375 g/mol. The molecule has 1 amide bonds. The molecule has 2 aromatic heterocycles. The lowest BCUT2D eigenvalue weighted by Crippen LogP contribution is -2.12. The summed E-state index contributed by atoms with van der Waals surface area (Å²) in [5.74, 6) is 1.06. The lowest BCUT2D eigenvalue weighted by molar-refractivity contribution is -0.116. The van der Waals surface area contributed by atoms with Crippen LogP contribution in [0.15, 0.2) is 34.7 Å². The van der Waals surface area contributed by atoms with Crippen molar-refractivity contribution >= 4 is 40.0 Å². The number of ketones is 1. The van der Waals surface area contributed by atoms with Gasteiger partial charge in [0, 0.05) is 22.1 Å². The number of aromatic nitrogens is 2. The number of carbonyl (C=O) groups excluding carboxylic acids is 2. The van der Waals surface area contributed by atoms with E-state index in [2.05, 4.69) is 14.7 Å². The molecule has 0 spiro atoms. The van der Waals surface area contributed by atoms with Gasteiger partial charge in [0.2, 0.25) is 5.13 Å². The van der Waals surface area contributed by atoms with Gasteiger partial charge in [-0.2, -0.15) is 4.37 Å². The lowest BCUT2D eigenvalue weighted by atomic mass is 10.1. The van der Waals surface area contributed by atoms with Crippen LogP contribution in [-0.2, 0) is 11.2 Å². The number of carbonyl (C=O) groups is 2. The van der Waals surface area contributed by atoms with Gasteiger partial charge in [0.05, 0.1) is 12.0 Å². The molecule has 0 fully saturated rings. The van der Waals surface area contributed by atoms with Crippen molar-refractivity contribution in [1.29, 1.82) is 0 Å². The molecule has 3 rings (SSSR count). The van der Waals surface area contributed by atoms with Crippen LogP contribution in [0.25, 0.3) is 11.3 Å². The highest BCUT2D eigenvalue weighted by Crippen LogP contribution is 2.28. The molecular weight excluding hydrogens is 362 g/mol. The van der Waals surface area contributed by atoms with Crippen molar-refractivity contribution in [3.63, 3.8) is 0 Å². The molecule has 3 aromatic rings. The van der Waals surface area contributed by atoms with E-state index in [4.69, 9.17) is 16.0 Å². The molecule has 6 nitrogen and oxygen atoms in total. The topological polar surface area (TPSA) is 85.1 Å². The fourth-order valence-electron chi connectivity index (χ4n) is 2.26. The van der Waals surface area contributed by atoms with Crippen molar-refractivity contribution < 1.29 is 14.0 Å². The molecule has 0 bridgehead atoms. The van der Waals surface area contributed by atoms with Gasteiger partial charge in [-0.3, -0.25) is 14.9 Å². The van der Waals surface area contributed by atoms with Crippen LogP contribution in [0.4, 0.5) is 5.13 Å². The van der Waals surface area contributed by atoms with Crippen LogP contribution in [0.2, 0.25) is 5.02 Å². The molecule has 0 saturated carbocycles. The van der Waals surface area contributed by atoms with Crippen molar-refractivity contribution in [3.8, 4) is 11.3 Å². The quantitative estimate of drug-likeness (QED) is 0.724. The Morgan fingerprint density at radius 3 is 2.84 bits per heavy atom. The molecule has 0 aliphatic heterocycles. The molecule has 0 saturated heterocycles. The van der Waals surface area contributed by atoms with E-state index in [-0.39, 0.29) is 18.1 Å². The summed E-state index contributed by atoms with van der Waals surface area (Å²) in [5, 5.41) is 3.60. The van der Waals surface area contributed by atoms with E-state index in [0.717, 1.165) is 17.1 Å². The number of hydrogen-bond donors (Lipinski definition) is 1. The van der Waals surface area contributed by atoms with E-state index in [1.54, 1.807) is 25.1 Å². The number of halogens is 1. The number of nitrogens with one attached hydrogen (secondary N) is 1. The van der Waals surface area contributed by atoms with Gasteiger partial charge in [0.15, 0.2) is 5.82 Å². The fourth-order valence-corrected chi connectivity index (χ4v) is 3.03. The minimum Gasteiger partial charge on any atom is -0.461 e. The number of aryl methyl sites for hydroxylation is 1. The van der Waals surface area contributed by atoms with Crippen molar-refractivity contribution in [2.45, 2.75) is 20.3 Å². The van der Waals surface area contributed by atoms with Gasteiger partial charge in [-0.05, 0) is 32.0 Å². The first-order valence-electron chi connectivity index (χ1n) is 7.42. The van der Waals surface area contributed by atoms with E-state index in [1.807, 2.05) is 12.1 Å². The molecule has 0 aliphatic rings. The van der Waals surface area contributed by atoms with Crippen LogP contribution in [0, 0.1) is 6.92 Å². The molecule has 0 unspecified atom stereocenters. The third kappa shape index (κ3) is 4.12. The van der Waals surface area contributed by atoms with Crippen LogP contribution in [-0.4, -0.2) is 21.0 Å². The van der Waals surface area contributed by atoms with Crippen molar-refractivity contribution in [3.05, 3.63) is 52.5 Å². The van der Waals surface area contributed by atoms with Gasteiger partial charge in [-0.15, -0.1) is 0 Å². The zero-order valence-corrected chi connectivity index (χ0v) is 15.1. The van der Waals surface area contributed by atoms with Gasteiger partial charge in [0.1, 0.15) is 17.3 Å². The number of rotatable bonds is 5. The number of furan rings is 1. The molecule has 1 aromatic carbocycles. The van der Waals surface area contributed by atoms with E-state index < -0.39 is 0 Å². The highest BCUT2D eigenvalue weighted by molar-refractivity contribution is 7.09. The Hall–Kier alpha value is -2.51. The van der Waals surface area contributed by atoms with E-state index in [0.29, 0.717) is 33.1 Å². The maximum atomic E-state index is 12.5. The Labute approximate surface area is 153 Å². The summed E-state index contributed by atoms with van der Waals surface area (Å²) in [6.45, 7) is 3.18. The van der Waals surface area contributed by atoms with Crippen molar-refractivity contribution in [2.24, 2.45) is 0 Å². The van der Waals surface area contributed by atoms with E-state index >= 15 is 0 Å². The maximum absolute atomic E-state index is 12.5.